The van der Waals surface area contributed by atoms with Crippen LogP contribution >= 0.6 is 11.3 Å². The van der Waals surface area contributed by atoms with Gasteiger partial charge in [-0.1, -0.05) is 6.07 Å². The van der Waals surface area contributed by atoms with Gasteiger partial charge >= 0.3 is 0 Å². The first-order chi connectivity index (χ1) is 11.3. The summed E-state index contributed by atoms with van der Waals surface area (Å²) < 4.78 is 11.1. The lowest BCUT2D eigenvalue weighted by Gasteiger charge is -2.21. The van der Waals surface area contributed by atoms with Crippen LogP contribution in [0.4, 0.5) is 0 Å². The van der Waals surface area contributed by atoms with Gasteiger partial charge in [-0.2, -0.15) is 0 Å². The average Bonchev–Trinajstić information content (AvgIpc) is 3.12. The first kappa shape index (κ1) is 16.0. The molecular formula is C17H20N2O3S. The Bertz CT molecular complexity index is 625. The molecule has 3 rings (SSSR count). The fraction of sp³-hybridized carbons (Fsp3) is 0.412. The Morgan fingerprint density at radius 1 is 1.39 bits per heavy atom. The van der Waals surface area contributed by atoms with Gasteiger partial charge in [-0.05, 0) is 36.3 Å². The summed E-state index contributed by atoms with van der Waals surface area (Å²) in [7, 11) is 0. The van der Waals surface area contributed by atoms with E-state index in [0.29, 0.717) is 30.5 Å². The van der Waals surface area contributed by atoms with E-state index >= 15 is 0 Å². The summed E-state index contributed by atoms with van der Waals surface area (Å²) in [5.41, 5.74) is 0.568. The number of nitrogens with zero attached hydrogens (tertiary/aromatic N) is 1. The smallest absolute Gasteiger partial charge is 0.251 e. The SMILES string of the molecule is O=C(NCc1cccs1)c1ccnc(OCC2CCOCC2)c1. The lowest BCUT2D eigenvalue weighted by atomic mass is 10.0. The van der Waals surface area contributed by atoms with E-state index in [0.717, 1.165) is 30.9 Å². The van der Waals surface area contributed by atoms with Crippen molar-refractivity contribution >= 4 is 17.2 Å². The minimum Gasteiger partial charge on any atom is -0.477 e. The second-order valence-electron chi connectivity index (χ2n) is 5.51. The van der Waals surface area contributed by atoms with Crippen LogP contribution in [0.25, 0.3) is 0 Å². The zero-order valence-corrected chi connectivity index (χ0v) is 13.7. The van der Waals surface area contributed by atoms with Crippen LogP contribution in [0.2, 0.25) is 0 Å². The third-order valence-electron chi connectivity index (χ3n) is 3.81. The molecule has 0 radical (unpaired) electrons. The van der Waals surface area contributed by atoms with Crippen LogP contribution in [0.3, 0.4) is 0 Å². The molecule has 0 aromatic carbocycles. The summed E-state index contributed by atoms with van der Waals surface area (Å²) in [5, 5.41) is 4.90. The molecule has 2 aromatic rings. The predicted octanol–water partition coefficient (Wildman–Crippen LogP) is 2.88. The van der Waals surface area contributed by atoms with Crippen LogP contribution in [-0.4, -0.2) is 30.7 Å². The normalized spacial score (nSPS) is 15.3. The molecule has 1 fully saturated rings. The number of nitrogens with one attached hydrogen (secondary N) is 1. The van der Waals surface area contributed by atoms with Crippen LogP contribution in [0.1, 0.15) is 28.1 Å². The van der Waals surface area contributed by atoms with Crippen LogP contribution in [0.5, 0.6) is 5.88 Å². The van der Waals surface area contributed by atoms with E-state index in [1.54, 1.807) is 29.7 Å². The Kier molecular flexibility index (Phi) is 5.60. The van der Waals surface area contributed by atoms with Gasteiger partial charge in [0.25, 0.3) is 5.91 Å². The van der Waals surface area contributed by atoms with Crippen molar-refractivity contribution in [2.45, 2.75) is 19.4 Å². The summed E-state index contributed by atoms with van der Waals surface area (Å²) in [6.45, 7) is 2.76. The Balaban J connectivity index is 1.52. The Hall–Kier alpha value is -1.92. The maximum absolute atomic E-state index is 12.2. The first-order valence-corrected chi connectivity index (χ1v) is 8.66. The van der Waals surface area contributed by atoms with Crippen molar-refractivity contribution in [3.05, 3.63) is 46.3 Å². The van der Waals surface area contributed by atoms with Gasteiger partial charge < -0.3 is 14.8 Å². The summed E-state index contributed by atoms with van der Waals surface area (Å²) >= 11 is 1.63. The lowest BCUT2D eigenvalue weighted by molar-refractivity contribution is 0.0490. The lowest BCUT2D eigenvalue weighted by Crippen LogP contribution is -2.23. The second-order valence-corrected chi connectivity index (χ2v) is 6.54. The average molecular weight is 332 g/mol. The van der Waals surface area contributed by atoms with E-state index < -0.39 is 0 Å². The molecule has 1 aliphatic heterocycles. The molecule has 5 nitrogen and oxygen atoms in total. The van der Waals surface area contributed by atoms with Crippen molar-refractivity contribution in [1.82, 2.24) is 10.3 Å². The van der Waals surface area contributed by atoms with E-state index in [-0.39, 0.29) is 5.91 Å². The molecule has 0 aliphatic carbocycles. The van der Waals surface area contributed by atoms with Crippen molar-refractivity contribution in [2.24, 2.45) is 5.92 Å². The maximum atomic E-state index is 12.2. The third-order valence-corrected chi connectivity index (χ3v) is 4.68. The van der Waals surface area contributed by atoms with Crippen molar-refractivity contribution in [3.63, 3.8) is 0 Å². The van der Waals surface area contributed by atoms with Gasteiger partial charge in [-0.3, -0.25) is 4.79 Å². The topological polar surface area (TPSA) is 60.5 Å². The molecule has 0 spiro atoms. The highest BCUT2D eigenvalue weighted by Crippen LogP contribution is 2.17. The molecule has 1 amide bonds. The maximum Gasteiger partial charge on any atom is 0.251 e. The van der Waals surface area contributed by atoms with Gasteiger partial charge in [0.05, 0.1) is 13.2 Å². The molecule has 0 saturated carbocycles. The van der Waals surface area contributed by atoms with Gasteiger partial charge in [0.1, 0.15) is 0 Å². The van der Waals surface area contributed by atoms with Gasteiger partial charge in [0.15, 0.2) is 0 Å². The molecule has 1 saturated heterocycles. The fourth-order valence-electron chi connectivity index (χ4n) is 2.43. The van der Waals surface area contributed by atoms with E-state index in [1.165, 1.54) is 0 Å². The summed E-state index contributed by atoms with van der Waals surface area (Å²) in [6.07, 6.45) is 3.64. The molecule has 2 aromatic heterocycles. The molecule has 3 heterocycles. The minimum atomic E-state index is -0.114. The molecule has 6 heteroatoms. The van der Waals surface area contributed by atoms with E-state index in [1.807, 2.05) is 17.5 Å². The number of pyridine rings is 1. The van der Waals surface area contributed by atoms with E-state index in [9.17, 15) is 4.79 Å². The standard InChI is InChI=1S/C17H20N2O3S/c20-17(19-11-15-2-1-9-23-15)14-3-6-18-16(10-14)22-12-13-4-7-21-8-5-13/h1-3,6,9-10,13H,4-5,7-8,11-12H2,(H,19,20). The van der Waals surface area contributed by atoms with Gasteiger partial charge in [-0.15, -0.1) is 11.3 Å². The van der Waals surface area contributed by atoms with E-state index in [2.05, 4.69) is 10.3 Å². The van der Waals surface area contributed by atoms with Crippen LogP contribution in [0, 0.1) is 5.92 Å². The second kappa shape index (κ2) is 8.08. The summed E-state index contributed by atoms with van der Waals surface area (Å²) in [4.78, 5) is 17.5. The predicted molar refractivity (Wildman–Crippen MR) is 88.8 cm³/mol. The number of carbonyl (C=O) groups is 1. The molecule has 122 valence electrons. The van der Waals surface area contributed by atoms with Gasteiger partial charge in [0, 0.05) is 35.9 Å². The summed E-state index contributed by atoms with van der Waals surface area (Å²) in [6, 6.07) is 7.37. The number of ether oxygens (including phenoxy) is 2. The monoisotopic (exact) mass is 332 g/mol. The number of hydrogen-bond acceptors (Lipinski definition) is 5. The number of aromatic nitrogens is 1. The van der Waals surface area contributed by atoms with Crippen molar-refractivity contribution in [1.29, 1.82) is 0 Å². The van der Waals surface area contributed by atoms with Crippen molar-refractivity contribution in [2.75, 3.05) is 19.8 Å². The van der Waals surface area contributed by atoms with Crippen LogP contribution in [0.15, 0.2) is 35.8 Å². The number of carbonyl (C=O) groups excluding carboxylic acids is 1. The molecule has 0 unspecified atom stereocenters. The molecule has 1 N–H and O–H groups in total. The third kappa shape index (κ3) is 4.77. The minimum absolute atomic E-state index is 0.114. The number of hydrogen-bond donors (Lipinski definition) is 1. The van der Waals surface area contributed by atoms with Crippen LogP contribution in [-0.2, 0) is 11.3 Å². The highest BCUT2D eigenvalue weighted by Gasteiger charge is 2.15. The first-order valence-electron chi connectivity index (χ1n) is 7.78. The molecule has 0 atom stereocenters. The zero-order chi connectivity index (χ0) is 15.9. The van der Waals surface area contributed by atoms with Crippen molar-refractivity contribution in [3.8, 4) is 5.88 Å². The molecule has 0 bridgehead atoms. The Morgan fingerprint density at radius 3 is 3.04 bits per heavy atom. The quantitative estimate of drug-likeness (QED) is 0.883. The zero-order valence-electron chi connectivity index (χ0n) is 12.9. The fourth-order valence-corrected chi connectivity index (χ4v) is 3.07. The van der Waals surface area contributed by atoms with Gasteiger partial charge in [-0.25, -0.2) is 4.98 Å². The van der Waals surface area contributed by atoms with Crippen molar-refractivity contribution < 1.29 is 14.3 Å². The molecular weight excluding hydrogens is 312 g/mol. The highest BCUT2D eigenvalue weighted by atomic mass is 32.1. The van der Waals surface area contributed by atoms with E-state index in [4.69, 9.17) is 9.47 Å². The van der Waals surface area contributed by atoms with Gasteiger partial charge in [0.2, 0.25) is 5.88 Å². The number of rotatable bonds is 6. The van der Waals surface area contributed by atoms with Crippen LogP contribution < -0.4 is 10.1 Å². The largest absolute Gasteiger partial charge is 0.477 e. The summed E-state index contributed by atoms with van der Waals surface area (Å²) in [5.74, 6) is 0.888. The number of amides is 1. The Labute approximate surface area is 139 Å². The number of thiophene rings is 1. The molecule has 1 aliphatic rings. The highest BCUT2D eigenvalue weighted by molar-refractivity contribution is 7.09. The molecule has 23 heavy (non-hydrogen) atoms. The Morgan fingerprint density at radius 2 is 2.26 bits per heavy atom.